The molecule has 0 saturated heterocycles. The summed E-state index contributed by atoms with van der Waals surface area (Å²) in [5, 5.41) is 19.4. The zero-order chi connectivity index (χ0) is 8.36. The van der Waals surface area contributed by atoms with E-state index in [4.69, 9.17) is 23.2 Å². The zero-order valence-electron chi connectivity index (χ0n) is 4.49. The van der Waals surface area contributed by atoms with Crippen LogP contribution in [0.15, 0.2) is 0 Å². The van der Waals surface area contributed by atoms with E-state index in [1.54, 1.807) is 0 Å². The first kappa shape index (κ1) is 9.38. The Morgan fingerprint density at radius 2 is 1.70 bits per heavy atom. The van der Waals surface area contributed by atoms with Crippen molar-refractivity contribution in [2.75, 3.05) is 6.54 Å². The highest BCUT2D eigenvalue weighted by Gasteiger charge is 2.44. The molecule has 0 atom stereocenters. The van der Waals surface area contributed by atoms with Gasteiger partial charge < -0.3 is 0 Å². The fourth-order valence-electron chi connectivity index (χ4n) is 0.213. The lowest BCUT2D eigenvalue weighted by Gasteiger charge is -2.03. The van der Waals surface area contributed by atoms with E-state index >= 15 is 0 Å². The van der Waals surface area contributed by atoms with Gasteiger partial charge in [0.1, 0.15) is 0 Å². The van der Waals surface area contributed by atoms with Crippen LogP contribution in [-0.4, -0.2) is 20.8 Å². The molecule has 0 spiro atoms. The molecule has 0 aromatic heterocycles. The molecule has 0 aliphatic carbocycles. The van der Waals surface area contributed by atoms with Gasteiger partial charge in [-0.05, 0) is 23.2 Å². The minimum absolute atomic E-state index is 0.956. The van der Waals surface area contributed by atoms with Crippen LogP contribution in [0.4, 0.5) is 0 Å². The summed E-state index contributed by atoms with van der Waals surface area (Å²) >= 11 is 9.78. The maximum atomic E-state index is 9.79. The molecular weight excluding hydrogens is 187 g/mol. The summed E-state index contributed by atoms with van der Waals surface area (Å²) in [6, 6.07) is 0. The monoisotopic (exact) mass is 188 g/mol. The lowest BCUT2D eigenvalue weighted by molar-refractivity contribution is -0.583. The third-order valence-corrected chi connectivity index (χ3v) is 1.10. The second-order valence-electron chi connectivity index (χ2n) is 1.41. The van der Waals surface area contributed by atoms with Gasteiger partial charge in [0, 0.05) is 4.92 Å². The molecule has 0 amide bonds. The fraction of sp³-hybridized carbons (Fsp3) is 1.00. The molecule has 8 heteroatoms. The van der Waals surface area contributed by atoms with Crippen LogP contribution in [-0.2, 0) is 0 Å². The van der Waals surface area contributed by atoms with Crippen LogP contribution in [0.5, 0.6) is 0 Å². The van der Waals surface area contributed by atoms with E-state index in [0.29, 0.717) is 0 Å². The smallest absolute Gasteiger partial charge is 0.264 e. The van der Waals surface area contributed by atoms with Crippen LogP contribution in [0, 0.1) is 20.2 Å². The SMILES string of the molecule is O=[N+]([O-])CC(Cl)(Cl)[N+](=O)[O-]. The van der Waals surface area contributed by atoms with Gasteiger partial charge in [-0.1, -0.05) is 0 Å². The first-order valence-corrected chi connectivity index (χ1v) is 2.76. The van der Waals surface area contributed by atoms with Gasteiger partial charge in [0.25, 0.3) is 0 Å². The molecule has 0 fully saturated rings. The van der Waals surface area contributed by atoms with Crippen molar-refractivity contribution in [3.8, 4) is 0 Å². The standard InChI is InChI=1S/C2H2Cl2N2O4/c3-2(4,6(9)10)1-5(7)8/h1H2. The first-order chi connectivity index (χ1) is 4.36. The van der Waals surface area contributed by atoms with Gasteiger partial charge in [-0.15, -0.1) is 0 Å². The lowest BCUT2D eigenvalue weighted by Crippen LogP contribution is -2.33. The predicted molar refractivity (Wildman–Crippen MR) is 33.3 cm³/mol. The van der Waals surface area contributed by atoms with Gasteiger partial charge in [-0.25, -0.2) is 0 Å². The zero-order valence-corrected chi connectivity index (χ0v) is 6.00. The number of nitrogens with zero attached hydrogens (tertiary/aromatic N) is 2. The molecule has 0 radical (unpaired) electrons. The fourth-order valence-corrected chi connectivity index (χ4v) is 0.408. The molecule has 0 unspecified atom stereocenters. The van der Waals surface area contributed by atoms with Crippen molar-refractivity contribution in [1.82, 2.24) is 0 Å². The summed E-state index contributed by atoms with van der Waals surface area (Å²) in [4.78, 5) is 17.4. The van der Waals surface area contributed by atoms with E-state index < -0.39 is 20.8 Å². The Morgan fingerprint density at radius 3 is 1.80 bits per heavy atom. The maximum absolute atomic E-state index is 9.79. The normalized spacial score (nSPS) is 11.0. The summed E-state index contributed by atoms with van der Waals surface area (Å²) < 4.78 is -2.51. The summed E-state index contributed by atoms with van der Waals surface area (Å²) in [6.45, 7) is -1.11. The minimum Gasteiger partial charge on any atom is -0.264 e. The molecule has 58 valence electrons. The van der Waals surface area contributed by atoms with E-state index in [0.717, 1.165) is 0 Å². The molecule has 10 heavy (non-hydrogen) atoms. The van der Waals surface area contributed by atoms with Crippen LogP contribution < -0.4 is 0 Å². The van der Waals surface area contributed by atoms with Crippen molar-refractivity contribution in [3.63, 3.8) is 0 Å². The van der Waals surface area contributed by atoms with Crippen LogP contribution in [0.1, 0.15) is 0 Å². The summed E-state index contributed by atoms with van der Waals surface area (Å²) in [7, 11) is 0. The third kappa shape index (κ3) is 2.79. The van der Waals surface area contributed by atoms with Crippen LogP contribution in [0.2, 0.25) is 0 Å². The average Bonchev–Trinajstić information content (AvgIpc) is 1.60. The van der Waals surface area contributed by atoms with Crippen molar-refractivity contribution >= 4 is 23.2 Å². The van der Waals surface area contributed by atoms with Gasteiger partial charge in [-0.2, -0.15) is 0 Å². The van der Waals surface area contributed by atoms with Crippen molar-refractivity contribution < 1.29 is 9.85 Å². The number of rotatable bonds is 3. The largest absolute Gasteiger partial charge is 0.433 e. The molecule has 6 nitrogen and oxygen atoms in total. The Morgan fingerprint density at radius 1 is 1.30 bits per heavy atom. The molecule has 0 bridgehead atoms. The molecule has 0 aromatic carbocycles. The molecule has 0 aromatic rings. The van der Waals surface area contributed by atoms with E-state index in [1.165, 1.54) is 0 Å². The molecular formula is C2H2Cl2N2O4. The topological polar surface area (TPSA) is 86.3 Å². The van der Waals surface area contributed by atoms with Gasteiger partial charge >= 0.3 is 11.0 Å². The second-order valence-corrected chi connectivity index (χ2v) is 2.86. The highest BCUT2D eigenvalue weighted by molar-refractivity contribution is 6.47. The van der Waals surface area contributed by atoms with Crippen LogP contribution >= 0.6 is 23.2 Å². The third-order valence-electron chi connectivity index (χ3n) is 0.586. The highest BCUT2D eigenvalue weighted by Crippen LogP contribution is 2.20. The van der Waals surface area contributed by atoms with Crippen LogP contribution in [0.3, 0.4) is 0 Å². The van der Waals surface area contributed by atoms with E-state index in [2.05, 4.69) is 0 Å². The molecule has 0 aliphatic rings. The Hall–Kier alpha value is -0.620. The Balaban J connectivity index is 4.13. The number of alkyl halides is 2. The Labute approximate surface area is 65.0 Å². The number of hydrogen-bond donors (Lipinski definition) is 0. The molecule has 0 aliphatic heterocycles. The number of hydrogen-bond acceptors (Lipinski definition) is 4. The minimum atomic E-state index is -2.51. The van der Waals surface area contributed by atoms with E-state index in [-0.39, 0.29) is 0 Å². The van der Waals surface area contributed by atoms with Gasteiger partial charge in [0.15, 0.2) is 0 Å². The first-order valence-electron chi connectivity index (χ1n) is 2.00. The molecule has 0 heterocycles. The van der Waals surface area contributed by atoms with Crippen molar-refractivity contribution in [3.05, 3.63) is 20.2 Å². The van der Waals surface area contributed by atoms with Gasteiger partial charge in [0.2, 0.25) is 0 Å². The lowest BCUT2D eigenvalue weighted by atomic mass is 10.6. The Bertz CT molecular complexity index is 169. The second kappa shape index (κ2) is 2.98. The van der Waals surface area contributed by atoms with Crippen molar-refractivity contribution in [1.29, 1.82) is 0 Å². The highest BCUT2D eigenvalue weighted by atomic mass is 35.5. The van der Waals surface area contributed by atoms with Crippen molar-refractivity contribution in [2.45, 2.75) is 4.46 Å². The number of halogens is 2. The van der Waals surface area contributed by atoms with Crippen LogP contribution in [0.25, 0.3) is 0 Å². The summed E-state index contributed by atoms with van der Waals surface area (Å²) in [5.41, 5.74) is 0. The summed E-state index contributed by atoms with van der Waals surface area (Å²) in [5.74, 6) is 0. The van der Waals surface area contributed by atoms with Gasteiger partial charge in [-0.3, -0.25) is 20.2 Å². The Kier molecular flexibility index (Phi) is 2.79. The van der Waals surface area contributed by atoms with Gasteiger partial charge in [0.05, 0.1) is 4.92 Å². The quantitative estimate of drug-likeness (QED) is 0.282. The maximum Gasteiger partial charge on any atom is 0.433 e. The van der Waals surface area contributed by atoms with E-state index in [9.17, 15) is 20.2 Å². The molecule has 0 rings (SSSR count). The molecule has 0 saturated carbocycles. The van der Waals surface area contributed by atoms with Crippen molar-refractivity contribution in [2.24, 2.45) is 0 Å². The predicted octanol–water partition coefficient (Wildman–Crippen LogP) is 0.671. The summed E-state index contributed by atoms with van der Waals surface area (Å²) in [6.07, 6.45) is 0. The number of nitro groups is 2. The van der Waals surface area contributed by atoms with E-state index in [1.807, 2.05) is 0 Å². The molecule has 0 N–H and O–H groups in total. The average molecular weight is 189 g/mol.